The van der Waals surface area contributed by atoms with Gasteiger partial charge in [0, 0.05) is 22.0 Å². The number of benzene rings is 2. The molecular weight excluding hydrogens is 310 g/mol. The summed E-state index contributed by atoms with van der Waals surface area (Å²) in [5.41, 5.74) is 2.59. The van der Waals surface area contributed by atoms with E-state index in [9.17, 15) is 4.79 Å². The van der Waals surface area contributed by atoms with Gasteiger partial charge in [-0.15, -0.1) is 0 Å². The van der Waals surface area contributed by atoms with E-state index >= 15 is 0 Å². The molecule has 0 spiro atoms. The summed E-state index contributed by atoms with van der Waals surface area (Å²) in [5.74, 6) is 0.233. The summed E-state index contributed by atoms with van der Waals surface area (Å²) in [7, 11) is 0. The van der Waals surface area contributed by atoms with Crippen molar-refractivity contribution >= 4 is 23.2 Å². The number of nitrogens with one attached hydrogen (secondary N) is 1. The number of anilines is 1. The van der Waals surface area contributed by atoms with E-state index in [1.165, 1.54) is 0 Å². The highest BCUT2D eigenvalue weighted by atomic mass is 35.5. The van der Waals surface area contributed by atoms with Gasteiger partial charge < -0.3 is 5.32 Å². The lowest BCUT2D eigenvalue weighted by Gasteiger charge is -2.07. The zero-order chi connectivity index (χ0) is 16.2. The molecule has 0 atom stereocenters. The van der Waals surface area contributed by atoms with Gasteiger partial charge >= 0.3 is 0 Å². The summed E-state index contributed by atoms with van der Waals surface area (Å²) in [6.07, 6.45) is 0. The summed E-state index contributed by atoms with van der Waals surface area (Å²) in [5, 5.41) is 3.46. The Morgan fingerprint density at radius 1 is 1.00 bits per heavy atom. The zero-order valence-corrected chi connectivity index (χ0v) is 13.2. The van der Waals surface area contributed by atoms with E-state index in [1.807, 2.05) is 49.4 Å². The van der Waals surface area contributed by atoms with Gasteiger partial charge in [-0.25, -0.2) is 9.97 Å². The molecule has 1 N–H and O–H groups in total. The van der Waals surface area contributed by atoms with Crippen LogP contribution in [-0.4, -0.2) is 15.9 Å². The van der Waals surface area contributed by atoms with Crippen LogP contribution in [0.2, 0.25) is 5.02 Å². The quantitative estimate of drug-likeness (QED) is 0.779. The lowest BCUT2D eigenvalue weighted by Crippen LogP contribution is -2.15. The number of carbonyl (C=O) groups excluding carboxylic acids is 1. The minimum atomic E-state index is -0.267. The molecule has 0 aliphatic rings. The van der Waals surface area contributed by atoms with Gasteiger partial charge in [0.05, 0.1) is 0 Å². The molecule has 0 saturated carbocycles. The molecule has 4 nitrogen and oxygen atoms in total. The Labute approximate surface area is 139 Å². The number of aromatic nitrogens is 2. The molecule has 3 aromatic rings. The number of aryl methyl sites for hydroxylation is 1. The van der Waals surface area contributed by atoms with Crippen molar-refractivity contribution in [2.45, 2.75) is 6.92 Å². The standard InChI is InChI=1S/C18H14ClN3O/c1-12-11-16(18(23)21-15-5-3-2-4-6-15)22-17(20-12)13-7-9-14(19)10-8-13/h2-11H,1H3,(H,21,23). The van der Waals surface area contributed by atoms with Crippen molar-refractivity contribution in [1.29, 1.82) is 0 Å². The highest BCUT2D eigenvalue weighted by molar-refractivity contribution is 6.30. The molecule has 0 unspecified atom stereocenters. The second-order valence-corrected chi connectivity index (χ2v) is 5.48. The van der Waals surface area contributed by atoms with E-state index in [4.69, 9.17) is 11.6 Å². The van der Waals surface area contributed by atoms with E-state index in [-0.39, 0.29) is 5.91 Å². The second kappa shape index (κ2) is 6.58. The fourth-order valence-electron chi connectivity index (χ4n) is 2.13. The highest BCUT2D eigenvalue weighted by Crippen LogP contribution is 2.19. The van der Waals surface area contributed by atoms with Gasteiger partial charge in [-0.3, -0.25) is 4.79 Å². The van der Waals surface area contributed by atoms with Crippen LogP contribution in [0.1, 0.15) is 16.2 Å². The molecule has 3 rings (SSSR count). The van der Waals surface area contributed by atoms with E-state index in [2.05, 4.69) is 15.3 Å². The van der Waals surface area contributed by atoms with Crippen LogP contribution in [0, 0.1) is 6.92 Å². The number of carbonyl (C=O) groups is 1. The Kier molecular flexibility index (Phi) is 4.35. The Hall–Kier alpha value is -2.72. The first-order valence-electron chi connectivity index (χ1n) is 7.10. The largest absolute Gasteiger partial charge is 0.321 e. The molecule has 1 amide bonds. The lowest BCUT2D eigenvalue weighted by molar-refractivity contribution is 0.102. The fraction of sp³-hybridized carbons (Fsp3) is 0.0556. The Balaban J connectivity index is 1.91. The van der Waals surface area contributed by atoms with Crippen molar-refractivity contribution in [2.75, 3.05) is 5.32 Å². The summed E-state index contributed by atoms with van der Waals surface area (Å²) >= 11 is 5.90. The van der Waals surface area contributed by atoms with Gasteiger partial charge in [-0.05, 0) is 49.4 Å². The SMILES string of the molecule is Cc1cc(C(=O)Nc2ccccc2)nc(-c2ccc(Cl)cc2)n1. The number of rotatable bonds is 3. The number of amides is 1. The fourth-order valence-corrected chi connectivity index (χ4v) is 2.26. The third-order valence-electron chi connectivity index (χ3n) is 3.22. The maximum atomic E-state index is 12.4. The third kappa shape index (κ3) is 3.73. The minimum absolute atomic E-state index is 0.267. The summed E-state index contributed by atoms with van der Waals surface area (Å²) in [6.45, 7) is 1.83. The first kappa shape index (κ1) is 15.2. The van der Waals surface area contributed by atoms with Gasteiger partial charge in [-0.2, -0.15) is 0 Å². The average molecular weight is 324 g/mol. The van der Waals surface area contributed by atoms with E-state index < -0.39 is 0 Å². The normalized spacial score (nSPS) is 10.3. The van der Waals surface area contributed by atoms with Gasteiger partial charge in [0.25, 0.3) is 5.91 Å². The molecule has 0 saturated heterocycles. The predicted molar refractivity (Wildman–Crippen MR) is 91.6 cm³/mol. The van der Waals surface area contributed by atoms with Crippen LogP contribution < -0.4 is 5.32 Å². The molecule has 0 aliphatic carbocycles. The molecule has 2 aromatic carbocycles. The van der Waals surface area contributed by atoms with Crippen LogP contribution in [0.4, 0.5) is 5.69 Å². The highest BCUT2D eigenvalue weighted by Gasteiger charge is 2.12. The zero-order valence-electron chi connectivity index (χ0n) is 12.5. The van der Waals surface area contributed by atoms with Gasteiger partial charge in [0.1, 0.15) is 5.69 Å². The smallest absolute Gasteiger partial charge is 0.274 e. The third-order valence-corrected chi connectivity index (χ3v) is 3.47. The van der Waals surface area contributed by atoms with Gasteiger partial charge in [-0.1, -0.05) is 29.8 Å². The van der Waals surface area contributed by atoms with Crippen molar-refractivity contribution in [3.8, 4) is 11.4 Å². The number of nitrogens with zero attached hydrogens (tertiary/aromatic N) is 2. The summed E-state index contributed by atoms with van der Waals surface area (Å²) in [6, 6.07) is 18.1. The topological polar surface area (TPSA) is 54.9 Å². The van der Waals surface area contributed by atoms with Gasteiger partial charge in [0.15, 0.2) is 5.82 Å². The second-order valence-electron chi connectivity index (χ2n) is 5.05. The van der Waals surface area contributed by atoms with Crippen molar-refractivity contribution in [1.82, 2.24) is 9.97 Å². The van der Waals surface area contributed by atoms with Crippen LogP contribution >= 0.6 is 11.6 Å². The molecule has 0 bridgehead atoms. The van der Waals surface area contributed by atoms with Gasteiger partial charge in [0.2, 0.25) is 0 Å². The average Bonchev–Trinajstić information content (AvgIpc) is 2.56. The van der Waals surface area contributed by atoms with Crippen LogP contribution in [-0.2, 0) is 0 Å². The number of hydrogen-bond acceptors (Lipinski definition) is 3. The maximum absolute atomic E-state index is 12.4. The van der Waals surface area contributed by atoms with E-state index in [0.29, 0.717) is 16.5 Å². The monoisotopic (exact) mass is 323 g/mol. The number of hydrogen-bond donors (Lipinski definition) is 1. The molecule has 0 radical (unpaired) electrons. The van der Waals surface area contributed by atoms with Crippen LogP contribution in [0.15, 0.2) is 60.7 Å². The summed E-state index contributed by atoms with van der Waals surface area (Å²) < 4.78 is 0. The van der Waals surface area contributed by atoms with Crippen LogP contribution in [0.5, 0.6) is 0 Å². The maximum Gasteiger partial charge on any atom is 0.274 e. The predicted octanol–water partition coefficient (Wildman–Crippen LogP) is 4.36. The molecule has 0 fully saturated rings. The van der Waals surface area contributed by atoms with E-state index in [1.54, 1.807) is 18.2 Å². The van der Waals surface area contributed by atoms with Crippen molar-refractivity contribution in [3.63, 3.8) is 0 Å². The molecule has 5 heteroatoms. The van der Waals surface area contributed by atoms with Crippen molar-refractivity contribution in [3.05, 3.63) is 77.1 Å². The molecular formula is C18H14ClN3O. The molecule has 0 aliphatic heterocycles. The first-order valence-corrected chi connectivity index (χ1v) is 7.47. The molecule has 23 heavy (non-hydrogen) atoms. The number of para-hydroxylation sites is 1. The summed E-state index contributed by atoms with van der Waals surface area (Å²) in [4.78, 5) is 21.1. The Morgan fingerprint density at radius 2 is 1.70 bits per heavy atom. The number of halogens is 1. The molecule has 114 valence electrons. The van der Waals surface area contributed by atoms with Crippen molar-refractivity contribution in [2.24, 2.45) is 0 Å². The van der Waals surface area contributed by atoms with Crippen molar-refractivity contribution < 1.29 is 4.79 Å². The van der Waals surface area contributed by atoms with Crippen LogP contribution in [0.3, 0.4) is 0 Å². The Bertz CT molecular complexity index is 833. The van der Waals surface area contributed by atoms with Crippen LogP contribution in [0.25, 0.3) is 11.4 Å². The van der Waals surface area contributed by atoms with E-state index in [0.717, 1.165) is 16.9 Å². The lowest BCUT2D eigenvalue weighted by atomic mass is 10.2. The first-order chi connectivity index (χ1) is 11.1. The molecule has 1 heterocycles. The molecule has 1 aromatic heterocycles. The Morgan fingerprint density at radius 3 is 2.39 bits per heavy atom. The minimum Gasteiger partial charge on any atom is -0.321 e.